The van der Waals surface area contributed by atoms with Gasteiger partial charge in [0.1, 0.15) is 12.4 Å². The zero-order chi connectivity index (χ0) is 14.4. The maximum absolute atomic E-state index is 11.9. The molecule has 0 heterocycles. The van der Waals surface area contributed by atoms with Crippen molar-refractivity contribution in [3.05, 3.63) is 24.3 Å². The molecule has 1 amide bonds. The summed E-state index contributed by atoms with van der Waals surface area (Å²) < 4.78 is 10.4. The molecule has 0 saturated heterocycles. The molecule has 5 heteroatoms. The van der Waals surface area contributed by atoms with Gasteiger partial charge >= 0.3 is 0 Å². The number of rotatable bonds is 7. The number of hydrogen-bond donors (Lipinski definition) is 2. The van der Waals surface area contributed by atoms with Crippen LogP contribution in [0.1, 0.15) is 25.7 Å². The smallest absolute Gasteiger partial charge is 0.226 e. The molecule has 0 unspecified atom stereocenters. The molecule has 3 N–H and O–H groups in total. The molecular weight excluding hydrogens is 256 g/mol. The topological polar surface area (TPSA) is 73.6 Å². The standard InChI is InChI=1S/C15H22N2O3/c1-19-8-9-20-13-5-2-4-12(10-13)17-14(18)11-15(16)6-3-7-15/h2,4-5,10H,3,6-9,11,16H2,1H3,(H,17,18). The lowest BCUT2D eigenvalue weighted by molar-refractivity contribution is -0.118. The van der Waals surface area contributed by atoms with Crippen LogP contribution in [-0.2, 0) is 9.53 Å². The lowest BCUT2D eigenvalue weighted by Gasteiger charge is -2.37. The number of hydrogen-bond acceptors (Lipinski definition) is 4. The van der Waals surface area contributed by atoms with Gasteiger partial charge in [0.05, 0.1) is 6.61 Å². The number of carbonyl (C=O) groups excluding carboxylic acids is 1. The van der Waals surface area contributed by atoms with E-state index in [9.17, 15) is 4.79 Å². The van der Waals surface area contributed by atoms with Crippen molar-refractivity contribution in [2.45, 2.75) is 31.2 Å². The average molecular weight is 278 g/mol. The SMILES string of the molecule is COCCOc1cccc(NC(=O)CC2(N)CCC2)c1. The van der Waals surface area contributed by atoms with Gasteiger partial charge < -0.3 is 20.5 Å². The summed E-state index contributed by atoms with van der Waals surface area (Å²) in [5.41, 5.74) is 6.50. The first kappa shape index (κ1) is 14.8. The van der Waals surface area contributed by atoms with Crippen molar-refractivity contribution in [2.75, 3.05) is 25.6 Å². The van der Waals surface area contributed by atoms with E-state index in [2.05, 4.69) is 5.32 Å². The van der Waals surface area contributed by atoms with Gasteiger partial charge in [0.15, 0.2) is 0 Å². The van der Waals surface area contributed by atoms with E-state index < -0.39 is 0 Å². The van der Waals surface area contributed by atoms with Gasteiger partial charge in [-0.2, -0.15) is 0 Å². The van der Waals surface area contributed by atoms with Crippen LogP contribution >= 0.6 is 0 Å². The third kappa shape index (κ3) is 4.21. The van der Waals surface area contributed by atoms with E-state index in [0.717, 1.165) is 24.9 Å². The van der Waals surface area contributed by atoms with Crippen LogP contribution < -0.4 is 15.8 Å². The summed E-state index contributed by atoms with van der Waals surface area (Å²) in [4.78, 5) is 11.9. The summed E-state index contributed by atoms with van der Waals surface area (Å²) in [7, 11) is 1.63. The Kier molecular flexibility index (Phi) is 4.98. The molecule has 1 aliphatic rings. The predicted octanol–water partition coefficient (Wildman–Crippen LogP) is 1.92. The third-order valence-corrected chi connectivity index (χ3v) is 3.54. The fraction of sp³-hybridized carbons (Fsp3) is 0.533. The van der Waals surface area contributed by atoms with Crippen LogP contribution in [0.3, 0.4) is 0 Å². The molecular formula is C15H22N2O3. The van der Waals surface area contributed by atoms with Crippen LogP contribution in [-0.4, -0.2) is 31.8 Å². The second-order valence-electron chi connectivity index (χ2n) is 5.31. The highest BCUT2D eigenvalue weighted by Crippen LogP contribution is 2.32. The van der Waals surface area contributed by atoms with E-state index in [1.807, 2.05) is 18.2 Å². The number of ether oxygens (including phenoxy) is 2. The second-order valence-corrected chi connectivity index (χ2v) is 5.31. The molecule has 0 aromatic heterocycles. The zero-order valence-electron chi connectivity index (χ0n) is 11.9. The molecule has 1 aromatic rings. The zero-order valence-corrected chi connectivity index (χ0v) is 11.9. The minimum absolute atomic E-state index is 0.0405. The Morgan fingerprint density at radius 2 is 2.20 bits per heavy atom. The minimum Gasteiger partial charge on any atom is -0.491 e. The molecule has 110 valence electrons. The monoisotopic (exact) mass is 278 g/mol. The van der Waals surface area contributed by atoms with E-state index in [1.165, 1.54) is 0 Å². The van der Waals surface area contributed by atoms with E-state index in [4.69, 9.17) is 15.2 Å². The molecule has 1 fully saturated rings. The van der Waals surface area contributed by atoms with Crippen molar-refractivity contribution in [2.24, 2.45) is 5.73 Å². The highest BCUT2D eigenvalue weighted by atomic mass is 16.5. The maximum Gasteiger partial charge on any atom is 0.226 e. The lowest BCUT2D eigenvalue weighted by atomic mass is 9.75. The number of benzene rings is 1. The first-order valence-corrected chi connectivity index (χ1v) is 6.92. The van der Waals surface area contributed by atoms with Crippen LogP contribution in [0.4, 0.5) is 5.69 Å². The first-order valence-electron chi connectivity index (χ1n) is 6.92. The molecule has 2 rings (SSSR count). The van der Waals surface area contributed by atoms with Gasteiger partial charge in [-0.25, -0.2) is 0 Å². The molecule has 0 radical (unpaired) electrons. The second kappa shape index (κ2) is 6.72. The Morgan fingerprint density at radius 1 is 1.40 bits per heavy atom. The summed E-state index contributed by atoms with van der Waals surface area (Å²) in [5.74, 6) is 0.673. The summed E-state index contributed by atoms with van der Waals surface area (Å²) in [6, 6.07) is 7.34. The van der Waals surface area contributed by atoms with Crippen molar-refractivity contribution in [1.82, 2.24) is 0 Å². The van der Waals surface area contributed by atoms with E-state index in [1.54, 1.807) is 13.2 Å². The van der Waals surface area contributed by atoms with Crippen molar-refractivity contribution >= 4 is 11.6 Å². The van der Waals surface area contributed by atoms with Gasteiger partial charge in [0.2, 0.25) is 5.91 Å². The van der Waals surface area contributed by atoms with Crippen molar-refractivity contribution in [1.29, 1.82) is 0 Å². The molecule has 5 nitrogen and oxygen atoms in total. The van der Waals surface area contributed by atoms with Gasteiger partial charge in [-0.15, -0.1) is 0 Å². The van der Waals surface area contributed by atoms with Gasteiger partial charge in [-0.1, -0.05) is 6.07 Å². The Morgan fingerprint density at radius 3 is 2.85 bits per heavy atom. The van der Waals surface area contributed by atoms with Gasteiger partial charge in [0.25, 0.3) is 0 Å². The Labute approximate surface area is 119 Å². The molecule has 20 heavy (non-hydrogen) atoms. The van der Waals surface area contributed by atoms with Crippen LogP contribution in [0.2, 0.25) is 0 Å². The number of carbonyl (C=O) groups is 1. The van der Waals surface area contributed by atoms with Crippen molar-refractivity contribution < 1.29 is 14.3 Å². The molecule has 0 atom stereocenters. The third-order valence-electron chi connectivity index (χ3n) is 3.54. The van der Waals surface area contributed by atoms with Crippen LogP contribution in [0.5, 0.6) is 5.75 Å². The van der Waals surface area contributed by atoms with E-state index >= 15 is 0 Å². The number of nitrogens with one attached hydrogen (secondary N) is 1. The van der Waals surface area contributed by atoms with Crippen molar-refractivity contribution in [3.8, 4) is 5.75 Å². The normalized spacial score (nSPS) is 16.3. The molecule has 0 spiro atoms. The molecule has 0 bridgehead atoms. The minimum atomic E-state index is -0.295. The largest absolute Gasteiger partial charge is 0.491 e. The number of nitrogens with two attached hydrogens (primary N) is 1. The Balaban J connectivity index is 1.85. The molecule has 1 aromatic carbocycles. The van der Waals surface area contributed by atoms with Gasteiger partial charge in [-0.05, 0) is 31.4 Å². The summed E-state index contributed by atoms with van der Waals surface area (Å²) >= 11 is 0. The number of methoxy groups -OCH3 is 1. The average Bonchev–Trinajstić information content (AvgIpc) is 2.37. The van der Waals surface area contributed by atoms with Crippen LogP contribution in [0.25, 0.3) is 0 Å². The quantitative estimate of drug-likeness (QED) is 0.747. The Bertz CT molecular complexity index is 458. The fourth-order valence-electron chi connectivity index (χ4n) is 2.24. The fourth-order valence-corrected chi connectivity index (χ4v) is 2.24. The van der Waals surface area contributed by atoms with E-state index in [0.29, 0.717) is 25.4 Å². The molecule has 0 aliphatic heterocycles. The van der Waals surface area contributed by atoms with Gasteiger partial charge in [0, 0.05) is 30.8 Å². The number of anilines is 1. The summed E-state index contributed by atoms with van der Waals surface area (Å²) in [6.45, 7) is 1.02. The number of amides is 1. The molecule has 1 aliphatic carbocycles. The first-order chi connectivity index (χ1) is 9.61. The van der Waals surface area contributed by atoms with Crippen LogP contribution in [0.15, 0.2) is 24.3 Å². The highest BCUT2D eigenvalue weighted by Gasteiger charge is 2.34. The summed E-state index contributed by atoms with van der Waals surface area (Å²) in [6.07, 6.45) is 3.36. The van der Waals surface area contributed by atoms with Crippen LogP contribution in [0, 0.1) is 0 Å². The predicted molar refractivity (Wildman–Crippen MR) is 77.8 cm³/mol. The highest BCUT2D eigenvalue weighted by molar-refractivity contribution is 5.91. The van der Waals surface area contributed by atoms with Gasteiger partial charge in [-0.3, -0.25) is 4.79 Å². The summed E-state index contributed by atoms with van der Waals surface area (Å²) in [5, 5.41) is 2.87. The lowest BCUT2D eigenvalue weighted by Crippen LogP contribution is -2.48. The Hall–Kier alpha value is -1.59. The molecule has 1 saturated carbocycles. The maximum atomic E-state index is 11.9. The van der Waals surface area contributed by atoms with E-state index in [-0.39, 0.29) is 11.4 Å². The van der Waals surface area contributed by atoms with Crippen molar-refractivity contribution in [3.63, 3.8) is 0 Å².